The number of sulfonamides is 1. The molecule has 0 unspecified atom stereocenters. The van der Waals surface area contributed by atoms with Crippen LogP contribution in [0.2, 0.25) is 0 Å². The lowest BCUT2D eigenvalue weighted by Crippen LogP contribution is -2.44. The van der Waals surface area contributed by atoms with Gasteiger partial charge in [0.05, 0.1) is 6.54 Å². The first-order valence-electron chi connectivity index (χ1n) is 6.99. The third-order valence-corrected chi connectivity index (χ3v) is 5.30. The van der Waals surface area contributed by atoms with Crippen LogP contribution in [-0.4, -0.2) is 46.9 Å². The van der Waals surface area contributed by atoms with Gasteiger partial charge in [0.2, 0.25) is 15.9 Å². The van der Waals surface area contributed by atoms with Crippen molar-refractivity contribution in [1.82, 2.24) is 19.3 Å². The van der Waals surface area contributed by atoms with Gasteiger partial charge in [-0.15, -0.1) is 0 Å². The highest BCUT2D eigenvalue weighted by Crippen LogP contribution is 2.22. The zero-order valence-electron chi connectivity index (χ0n) is 11.9. The Morgan fingerprint density at radius 1 is 1.23 bits per heavy atom. The normalized spacial score (nSPS) is 19.7. The Hall–Kier alpha value is -2.06. The number of hydrogen-bond donors (Lipinski definition) is 0. The summed E-state index contributed by atoms with van der Waals surface area (Å²) in [6.07, 6.45) is 7.24. The van der Waals surface area contributed by atoms with E-state index in [1.165, 1.54) is 16.8 Å². The molecule has 8 heteroatoms. The SMILES string of the molecule is O=S(=O)(c1cccnc1)N1CCC[C@@H](Oc2ccncn2)C1. The molecule has 1 saturated heterocycles. The van der Waals surface area contributed by atoms with Crippen LogP contribution in [0.1, 0.15) is 12.8 Å². The zero-order chi connectivity index (χ0) is 15.4. The number of piperidine rings is 1. The first-order chi connectivity index (χ1) is 10.7. The summed E-state index contributed by atoms with van der Waals surface area (Å²) in [4.78, 5) is 11.9. The minimum Gasteiger partial charge on any atom is -0.473 e. The number of aromatic nitrogens is 3. The lowest BCUT2D eigenvalue weighted by molar-refractivity contribution is 0.124. The molecule has 3 rings (SSSR count). The van der Waals surface area contributed by atoms with Gasteiger partial charge < -0.3 is 4.74 Å². The van der Waals surface area contributed by atoms with Crippen LogP contribution < -0.4 is 4.74 Å². The van der Waals surface area contributed by atoms with E-state index in [4.69, 9.17) is 4.74 Å². The summed E-state index contributed by atoms with van der Waals surface area (Å²) in [5.41, 5.74) is 0. The summed E-state index contributed by atoms with van der Waals surface area (Å²) < 4.78 is 32.4. The van der Waals surface area contributed by atoms with E-state index in [1.807, 2.05) is 0 Å². The molecule has 1 fully saturated rings. The Morgan fingerprint density at radius 3 is 2.86 bits per heavy atom. The van der Waals surface area contributed by atoms with Crippen molar-refractivity contribution in [3.8, 4) is 5.88 Å². The summed E-state index contributed by atoms with van der Waals surface area (Å²) in [6.45, 7) is 0.794. The number of nitrogens with zero attached hydrogens (tertiary/aromatic N) is 4. The maximum absolute atomic E-state index is 12.6. The molecule has 1 aliphatic heterocycles. The molecule has 116 valence electrons. The predicted octanol–water partition coefficient (Wildman–Crippen LogP) is 1.10. The molecule has 2 aromatic heterocycles. The minimum absolute atomic E-state index is 0.206. The van der Waals surface area contributed by atoms with Crippen molar-refractivity contribution in [3.63, 3.8) is 0 Å². The molecule has 1 atom stereocenters. The summed E-state index contributed by atoms with van der Waals surface area (Å²) in [5, 5.41) is 0. The summed E-state index contributed by atoms with van der Waals surface area (Å²) in [6, 6.07) is 4.83. The highest BCUT2D eigenvalue weighted by molar-refractivity contribution is 7.89. The fourth-order valence-corrected chi connectivity index (χ4v) is 3.86. The van der Waals surface area contributed by atoms with Crippen molar-refractivity contribution in [1.29, 1.82) is 0 Å². The van der Waals surface area contributed by atoms with E-state index in [0.717, 1.165) is 12.8 Å². The summed E-state index contributed by atoms with van der Waals surface area (Å²) in [5.74, 6) is 0.459. The van der Waals surface area contributed by atoms with Crippen LogP contribution in [0.5, 0.6) is 5.88 Å². The van der Waals surface area contributed by atoms with E-state index in [-0.39, 0.29) is 11.0 Å². The first kappa shape index (κ1) is 14.9. The Kier molecular flexibility index (Phi) is 4.30. The van der Waals surface area contributed by atoms with Crippen LogP contribution in [0, 0.1) is 0 Å². The second kappa shape index (κ2) is 6.37. The number of hydrogen-bond acceptors (Lipinski definition) is 6. The van der Waals surface area contributed by atoms with Gasteiger partial charge in [-0.05, 0) is 25.0 Å². The van der Waals surface area contributed by atoms with E-state index in [9.17, 15) is 8.42 Å². The molecule has 7 nitrogen and oxygen atoms in total. The van der Waals surface area contributed by atoms with Crippen LogP contribution in [0.4, 0.5) is 0 Å². The molecule has 0 saturated carbocycles. The summed E-state index contributed by atoms with van der Waals surface area (Å²) >= 11 is 0. The highest BCUT2D eigenvalue weighted by Gasteiger charge is 2.31. The van der Waals surface area contributed by atoms with Gasteiger partial charge >= 0.3 is 0 Å². The standard InChI is InChI=1S/C14H16N4O3S/c19-22(20,13-4-1-6-15-9-13)18-8-2-3-12(10-18)21-14-5-7-16-11-17-14/h1,4-7,9,11-12H,2-3,8,10H2/t12-/m1/s1. The number of pyridine rings is 1. The molecule has 2 aromatic rings. The molecular weight excluding hydrogens is 304 g/mol. The Balaban J connectivity index is 1.73. The van der Waals surface area contributed by atoms with Crippen LogP contribution in [0.3, 0.4) is 0 Å². The van der Waals surface area contributed by atoms with Crippen LogP contribution in [0.15, 0.2) is 48.0 Å². The molecule has 0 aliphatic carbocycles. The average Bonchev–Trinajstić information content (AvgIpc) is 2.57. The first-order valence-corrected chi connectivity index (χ1v) is 8.43. The average molecular weight is 320 g/mol. The molecule has 0 aromatic carbocycles. The van der Waals surface area contributed by atoms with Gasteiger partial charge in [-0.3, -0.25) is 4.98 Å². The fraction of sp³-hybridized carbons (Fsp3) is 0.357. The van der Waals surface area contributed by atoms with Crippen molar-refractivity contribution in [3.05, 3.63) is 43.1 Å². The van der Waals surface area contributed by atoms with Crippen molar-refractivity contribution in [2.75, 3.05) is 13.1 Å². The van der Waals surface area contributed by atoms with Crippen molar-refractivity contribution < 1.29 is 13.2 Å². The number of rotatable bonds is 4. The van der Waals surface area contributed by atoms with Gasteiger partial charge in [-0.1, -0.05) is 0 Å². The molecule has 0 radical (unpaired) electrons. The Labute approximate surface area is 129 Å². The number of ether oxygens (including phenoxy) is 1. The summed E-state index contributed by atoms with van der Waals surface area (Å²) in [7, 11) is -3.53. The minimum atomic E-state index is -3.53. The molecule has 3 heterocycles. The Morgan fingerprint density at radius 2 is 2.14 bits per heavy atom. The topological polar surface area (TPSA) is 85.3 Å². The van der Waals surface area contributed by atoms with Gasteiger partial charge in [0.25, 0.3) is 0 Å². The predicted molar refractivity (Wildman–Crippen MR) is 78.7 cm³/mol. The Bertz CT molecular complexity index is 709. The third kappa shape index (κ3) is 3.23. The van der Waals surface area contributed by atoms with Gasteiger partial charge in [0.15, 0.2) is 0 Å². The molecule has 1 aliphatic rings. The molecular formula is C14H16N4O3S. The fourth-order valence-electron chi connectivity index (χ4n) is 2.39. The quantitative estimate of drug-likeness (QED) is 0.839. The third-order valence-electron chi connectivity index (χ3n) is 3.46. The highest BCUT2D eigenvalue weighted by atomic mass is 32.2. The van der Waals surface area contributed by atoms with Crippen LogP contribution >= 0.6 is 0 Å². The van der Waals surface area contributed by atoms with Crippen LogP contribution in [0.25, 0.3) is 0 Å². The van der Waals surface area contributed by atoms with Gasteiger partial charge in [-0.25, -0.2) is 18.4 Å². The van der Waals surface area contributed by atoms with Crippen molar-refractivity contribution in [2.24, 2.45) is 0 Å². The van der Waals surface area contributed by atoms with E-state index in [0.29, 0.717) is 19.0 Å². The second-order valence-electron chi connectivity index (χ2n) is 4.98. The van der Waals surface area contributed by atoms with E-state index >= 15 is 0 Å². The van der Waals surface area contributed by atoms with Gasteiger partial charge in [-0.2, -0.15) is 4.31 Å². The van der Waals surface area contributed by atoms with Crippen LogP contribution in [-0.2, 0) is 10.0 Å². The zero-order valence-corrected chi connectivity index (χ0v) is 12.7. The smallest absolute Gasteiger partial charge is 0.244 e. The maximum Gasteiger partial charge on any atom is 0.244 e. The molecule has 22 heavy (non-hydrogen) atoms. The van der Waals surface area contributed by atoms with E-state index in [2.05, 4.69) is 15.0 Å². The van der Waals surface area contributed by atoms with E-state index < -0.39 is 10.0 Å². The molecule has 0 bridgehead atoms. The largest absolute Gasteiger partial charge is 0.473 e. The monoisotopic (exact) mass is 320 g/mol. The van der Waals surface area contributed by atoms with Crippen molar-refractivity contribution >= 4 is 10.0 Å². The maximum atomic E-state index is 12.6. The molecule has 0 amide bonds. The second-order valence-corrected chi connectivity index (χ2v) is 6.92. The molecule has 0 spiro atoms. The lowest BCUT2D eigenvalue weighted by Gasteiger charge is -2.31. The van der Waals surface area contributed by atoms with Crippen molar-refractivity contribution in [2.45, 2.75) is 23.8 Å². The van der Waals surface area contributed by atoms with Gasteiger partial charge in [0, 0.05) is 31.2 Å². The van der Waals surface area contributed by atoms with Gasteiger partial charge in [0.1, 0.15) is 17.3 Å². The lowest BCUT2D eigenvalue weighted by atomic mass is 10.1. The van der Waals surface area contributed by atoms with E-state index in [1.54, 1.807) is 30.6 Å². The molecule has 0 N–H and O–H groups in total.